The number of nitrogens with zero attached hydrogens (tertiary/aromatic N) is 4. The Hall–Kier alpha value is -1.32. The molecule has 0 spiro atoms. The molecule has 0 rings (SSSR count). The van der Waals surface area contributed by atoms with Gasteiger partial charge < -0.3 is 0 Å². The molecular weight excluding hydrogens is 536 g/mol. The van der Waals surface area contributed by atoms with Crippen molar-refractivity contribution in [1.82, 2.24) is 0 Å². The lowest BCUT2D eigenvalue weighted by Gasteiger charge is -2.22. The van der Waals surface area contributed by atoms with E-state index in [1.54, 1.807) is 0 Å². The summed E-state index contributed by atoms with van der Waals surface area (Å²) in [6, 6.07) is 0. The Bertz CT molecular complexity index is 892. The van der Waals surface area contributed by atoms with Crippen molar-refractivity contribution in [3.05, 3.63) is 0 Å². The molecule has 0 heterocycles. The molecule has 0 aliphatic rings. The van der Waals surface area contributed by atoms with Gasteiger partial charge in [0, 0.05) is 25.6 Å². The summed E-state index contributed by atoms with van der Waals surface area (Å²) in [5, 5.41) is 0. The molecule has 4 nitrogen and oxygen atoms in total. The zero-order valence-corrected chi connectivity index (χ0v) is 35.4. The fourth-order valence-electron chi connectivity index (χ4n) is 2.54. The second kappa shape index (κ2) is 17.6. The molecular formula is C40H84N4. The maximum atomic E-state index is 7.41. The molecule has 4 heteroatoms. The highest BCUT2D eigenvalue weighted by atomic mass is 14.9. The lowest BCUT2D eigenvalue weighted by molar-refractivity contribution is 0.538. The standard InChI is InChI=1S/4C10H21N/c4*1-8(9(2,3)4)11-10(5,6)7/h4*1-7H3/i1D2;;;. The SMILES string of the molecule is CC(=NC(C)(C)C)C(C)(C)C.CC(=NC(C)(C)C)C(C)(C)C.CC(=NC(C)(C)C)C(C)(C)C.[2H]C([2H])C(=NC(C)(C)C)C(C)(C)C. The average Bonchev–Trinajstić information content (AvgIpc) is 2.66. The molecule has 0 saturated carbocycles. The van der Waals surface area contributed by atoms with Gasteiger partial charge in [0.15, 0.2) is 0 Å². The third-order valence-corrected chi connectivity index (χ3v) is 5.99. The van der Waals surface area contributed by atoms with E-state index in [0.29, 0.717) is 5.71 Å². The predicted octanol–water partition coefficient (Wildman–Crippen LogP) is 13.2. The highest BCUT2D eigenvalue weighted by Gasteiger charge is 2.20. The summed E-state index contributed by atoms with van der Waals surface area (Å²) in [6.07, 6.45) is 0. The summed E-state index contributed by atoms with van der Waals surface area (Å²) in [5.74, 6) is 0. The minimum Gasteiger partial charge on any atom is -0.288 e. The summed E-state index contributed by atoms with van der Waals surface area (Å²) in [7, 11) is 0. The Morgan fingerprint density at radius 3 is 0.477 bits per heavy atom. The van der Waals surface area contributed by atoms with E-state index in [9.17, 15) is 0 Å². The van der Waals surface area contributed by atoms with Crippen LogP contribution in [0.4, 0.5) is 0 Å². The summed E-state index contributed by atoms with van der Waals surface area (Å²) in [4.78, 5) is 18.2. The second-order valence-corrected chi connectivity index (χ2v) is 20.3. The smallest absolute Gasteiger partial charge is 0.0523 e. The Labute approximate surface area is 282 Å². The molecule has 0 radical (unpaired) electrons. The van der Waals surface area contributed by atoms with Crippen LogP contribution in [0.2, 0.25) is 0 Å². The van der Waals surface area contributed by atoms with E-state index in [1.165, 1.54) is 17.1 Å². The zero-order chi connectivity index (χ0) is 38.7. The van der Waals surface area contributed by atoms with Crippen molar-refractivity contribution in [3.8, 4) is 0 Å². The normalized spacial score (nSPS) is 16.1. The predicted molar refractivity (Wildman–Crippen MR) is 209 cm³/mol. The highest BCUT2D eigenvalue weighted by molar-refractivity contribution is 5.88. The maximum absolute atomic E-state index is 7.41. The van der Waals surface area contributed by atoms with Crippen LogP contribution < -0.4 is 0 Å². The van der Waals surface area contributed by atoms with Gasteiger partial charge >= 0.3 is 0 Å². The minimum atomic E-state index is -0.959. The van der Waals surface area contributed by atoms with Crippen LogP contribution in [0.25, 0.3) is 0 Å². The fraction of sp³-hybridized carbons (Fsp3) is 0.900. The molecule has 0 bridgehead atoms. The van der Waals surface area contributed by atoms with Gasteiger partial charge in [0.2, 0.25) is 0 Å². The average molecular weight is 623 g/mol. The first-order valence-electron chi connectivity index (χ1n) is 17.7. The van der Waals surface area contributed by atoms with Crippen LogP contribution >= 0.6 is 0 Å². The van der Waals surface area contributed by atoms with Gasteiger partial charge in [-0.1, -0.05) is 83.1 Å². The molecule has 0 aromatic heterocycles. The van der Waals surface area contributed by atoms with Crippen LogP contribution in [-0.4, -0.2) is 45.0 Å². The molecule has 0 N–H and O–H groups in total. The molecule has 0 saturated heterocycles. The van der Waals surface area contributed by atoms with Crippen molar-refractivity contribution in [3.63, 3.8) is 0 Å². The van der Waals surface area contributed by atoms with Gasteiger partial charge in [-0.05, 0) is 132 Å². The Kier molecular flexibility index (Phi) is 17.9. The maximum Gasteiger partial charge on any atom is 0.0523 e. The number of rotatable bonds is 0. The van der Waals surface area contributed by atoms with Crippen LogP contribution in [-0.2, 0) is 0 Å². The van der Waals surface area contributed by atoms with E-state index in [-0.39, 0.29) is 43.8 Å². The quantitative estimate of drug-likeness (QED) is 0.241. The molecule has 0 aliphatic heterocycles. The van der Waals surface area contributed by atoms with E-state index in [0.717, 1.165) is 0 Å². The fourth-order valence-corrected chi connectivity index (χ4v) is 2.54. The molecule has 44 heavy (non-hydrogen) atoms. The lowest BCUT2D eigenvalue weighted by atomic mass is 9.90. The largest absolute Gasteiger partial charge is 0.288 e. The van der Waals surface area contributed by atoms with Crippen LogP contribution in [0.5, 0.6) is 0 Å². The second-order valence-electron chi connectivity index (χ2n) is 20.3. The monoisotopic (exact) mass is 623 g/mol. The summed E-state index contributed by atoms with van der Waals surface area (Å²) in [5.41, 5.74) is 4.81. The van der Waals surface area contributed by atoms with E-state index < -0.39 is 6.88 Å². The Balaban J connectivity index is -0.000000256. The van der Waals surface area contributed by atoms with Gasteiger partial charge in [-0.25, -0.2) is 0 Å². The van der Waals surface area contributed by atoms with Gasteiger partial charge in [-0.2, -0.15) is 0 Å². The zero-order valence-electron chi connectivity index (χ0n) is 37.4. The molecule has 0 amide bonds. The van der Waals surface area contributed by atoms with Crippen LogP contribution in [0.15, 0.2) is 20.0 Å². The number of hydrogen-bond donors (Lipinski definition) is 0. The topological polar surface area (TPSA) is 49.4 Å². The summed E-state index contributed by atoms with van der Waals surface area (Å²) < 4.78 is 14.8. The van der Waals surface area contributed by atoms with Crippen molar-refractivity contribution in [2.24, 2.45) is 41.6 Å². The molecule has 0 aromatic carbocycles. The summed E-state index contributed by atoms with van der Waals surface area (Å²) in [6.45, 7) is 56.2. The highest BCUT2D eigenvalue weighted by Crippen LogP contribution is 2.22. The number of hydrogen-bond acceptors (Lipinski definition) is 4. The molecule has 0 aliphatic carbocycles. The van der Waals surface area contributed by atoms with Gasteiger partial charge in [-0.3, -0.25) is 20.0 Å². The molecule has 0 unspecified atom stereocenters. The third-order valence-electron chi connectivity index (χ3n) is 5.99. The van der Waals surface area contributed by atoms with E-state index in [1.807, 2.05) is 41.5 Å². The van der Waals surface area contributed by atoms with Gasteiger partial charge in [0.25, 0.3) is 0 Å². The van der Waals surface area contributed by atoms with E-state index in [2.05, 4.69) is 165 Å². The summed E-state index contributed by atoms with van der Waals surface area (Å²) >= 11 is 0. The number of aliphatic imine (C=N–C) groups is 4. The van der Waals surface area contributed by atoms with Crippen molar-refractivity contribution >= 4 is 22.8 Å². The first-order valence-corrected chi connectivity index (χ1v) is 16.6. The van der Waals surface area contributed by atoms with Crippen molar-refractivity contribution in [2.45, 2.75) is 216 Å². The van der Waals surface area contributed by atoms with Gasteiger partial charge in [0.05, 0.1) is 22.2 Å². The van der Waals surface area contributed by atoms with E-state index in [4.69, 9.17) is 2.74 Å². The third kappa shape index (κ3) is 35.2. The van der Waals surface area contributed by atoms with Crippen LogP contribution in [0.1, 0.15) is 197 Å². The van der Waals surface area contributed by atoms with Gasteiger partial charge in [0.1, 0.15) is 0 Å². The Morgan fingerprint density at radius 2 is 0.432 bits per heavy atom. The molecule has 0 aromatic rings. The van der Waals surface area contributed by atoms with Crippen molar-refractivity contribution in [1.29, 1.82) is 0 Å². The first-order chi connectivity index (χ1) is 19.4. The van der Waals surface area contributed by atoms with Crippen molar-refractivity contribution in [2.75, 3.05) is 0 Å². The van der Waals surface area contributed by atoms with Crippen molar-refractivity contribution < 1.29 is 2.74 Å². The first kappa shape index (κ1) is 44.8. The van der Waals surface area contributed by atoms with Crippen LogP contribution in [0.3, 0.4) is 0 Å². The molecule has 0 fully saturated rings. The van der Waals surface area contributed by atoms with Gasteiger partial charge in [-0.15, -0.1) is 0 Å². The van der Waals surface area contributed by atoms with Crippen LogP contribution in [0, 0.1) is 21.7 Å². The Morgan fingerprint density at radius 1 is 0.295 bits per heavy atom. The molecule has 0 atom stereocenters. The molecule has 264 valence electrons. The minimum absolute atomic E-state index is 0.0668. The lowest BCUT2D eigenvalue weighted by Crippen LogP contribution is -2.22. The van der Waals surface area contributed by atoms with E-state index >= 15 is 0 Å².